The van der Waals surface area contributed by atoms with Gasteiger partial charge in [-0.15, -0.1) is 12.4 Å². The number of ketones is 1. The Kier molecular flexibility index (Phi) is 8.89. The summed E-state index contributed by atoms with van der Waals surface area (Å²) in [6.45, 7) is 2.49. The summed E-state index contributed by atoms with van der Waals surface area (Å²) < 4.78 is 0. The van der Waals surface area contributed by atoms with Crippen LogP contribution in [0.2, 0.25) is 0 Å². The average Bonchev–Trinajstić information content (AvgIpc) is 2.65. The second-order valence-corrected chi connectivity index (χ2v) is 5.79. The summed E-state index contributed by atoms with van der Waals surface area (Å²) >= 11 is 0. The number of unbranched alkanes of at least 4 members (excludes halogenated alkanes) is 1. The van der Waals surface area contributed by atoms with Crippen molar-refractivity contribution in [3.63, 3.8) is 0 Å². The third-order valence-electron chi connectivity index (χ3n) is 3.98. The second-order valence-electron chi connectivity index (χ2n) is 5.79. The number of hydrogen-bond acceptors (Lipinski definition) is 3. The normalized spacial score (nSPS) is 11.3. The zero-order chi connectivity index (χ0) is 17.4. The summed E-state index contributed by atoms with van der Waals surface area (Å²) in [6.07, 6.45) is 2.90. The largest absolute Gasteiger partial charge is 0.348 e. The van der Waals surface area contributed by atoms with Gasteiger partial charge in [0.15, 0.2) is 5.78 Å². The number of carbonyl (C=O) groups is 2. The van der Waals surface area contributed by atoms with E-state index in [1.165, 1.54) is 0 Å². The minimum Gasteiger partial charge on any atom is -0.348 e. The molecule has 0 bridgehead atoms. The van der Waals surface area contributed by atoms with Crippen molar-refractivity contribution < 1.29 is 9.59 Å². The van der Waals surface area contributed by atoms with E-state index in [9.17, 15) is 9.59 Å². The summed E-state index contributed by atoms with van der Waals surface area (Å²) in [5.74, 6) is -0.402. The van der Waals surface area contributed by atoms with Gasteiger partial charge in [-0.3, -0.25) is 9.59 Å². The van der Waals surface area contributed by atoms with E-state index in [4.69, 9.17) is 5.73 Å². The molecule has 3 N–H and O–H groups in total. The van der Waals surface area contributed by atoms with Gasteiger partial charge in [0, 0.05) is 23.7 Å². The van der Waals surface area contributed by atoms with Crippen LogP contribution in [0.3, 0.4) is 0 Å². The van der Waals surface area contributed by atoms with Gasteiger partial charge >= 0.3 is 0 Å². The minimum atomic E-state index is -0.249. The summed E-state index contributed by atoms with van der Waals surface area (Å²) in [5.41, 5.74) is 7.12. The van der Waals surface area contributed by atoms with Crippen molar-refractivity contribution in [2.45, 2.75) is 32.2 Å². The van der Waals surface area contributed by atoms with Gasteiger partial charge in [-0.2, -0.15) is 0 Å². The second kappa shape index (κ2) is 10.6. The van der Waals surface area contributed by atoms with Gasteiger partial charge in [-0.25, -0.2) is 0 Å². The highest BCUT2D eigenvalue weighted by Gasteiger charge is 2.19. The first-order chi connectivity index (χ1) is 11.7. The molecule has 2 aromatic carbocycles. The van der Waals surface area contributed by atoms with Crippen molar-refractivity contribution in [3.05, 3.63) is 71.3 Å². The maximum absolute atomic E-state index is 12.7. The molecule has 0 aliphatic rings. The lowest BCUT2D eigenvalue weighted by atomic mass is 9.97. The smallest absolute Gasteiger partial charge is 0.252 e. The fraction of sp³-hybridized carbons (Fsp3) is 0.300. The lowest BCUT2D eigenvalue weighted by Crippen LogP contribution is -2.40. The molecule has 4 nitrogen and oxygen atoms in total. The number of carbonyl (C=O) groups excluding carboxylic acids is 2. The number of halogens is 1. The van der Waals surface area contributed by atoms with Gasteiger partial charge in [-0.1, -0.05) is 68.3 Å². The molecule has 0 aliphatic carbocycles. The SMILES string of the molecule is CCCCC(CN)NC(=O)c1ccccc1C(=O)c1ccccc1.Cl. The average molecular weight is 361 g/mol. The van der Waals surface area contributed by atoms with E-state index < -0.39 is 0 Å². The van der Waals surface area contributed by atoms with Gasteiger partial charge in [0.05, 0.1) is 5.56 Å². The molecule has 0 saturated carbocycles. The van der Waals surface area contributed by atoms with E-state index in [1.54, 1.807) is 36.4 Å². The molecule has 5 heteroatoms. The van der Waals surface area contributed by atoms with Crippen LogP contribution in [0.1, 0.15) is 52.5 Å². The van der Waals surface area contributed by atoms with Crippen LogP contribution in [0.4, 0.5) is 0 Å². The van der Waals surface area contributed by atoms with Crippen LogP contribution < -0.4 is 11.1 Å². The molecule has 134 valence electrons. The molecule has 0 aliphatic heterocycles. The highest BCUT2D eigenvalue weighted by Crippen LogP contribution is 2.15. The highest BCUT2D eigenvalue weighted by molar-refractivity contribution is 6.15. The van der Waals surface area contributed by atoms with Gasteiger partial charge in [0.2, 0.25) is 0 Å². The molecule has 1 unspecified atom stereocenters. The molecule has 2 rings (SSSR count). The quantitative estimate of drug-likeness (QED) is 0.706. The number of hydrogen-bond donors (Lipinski definition) is 2. The van der Waals surface area contributed by atoms with Crippen molar-refractivity contribution in [2.24, 2.45) is 5.73 Å². The van der Waals surface area contributed by atoms with E-state index >= 15 is 0 Å². The first-order valence-corrected chi connectivity index (χ1v) is 8.37. The highest BCUT2D eigenvalue weighted by atomic mass is 35.5. The molecule has 0 spiro atoms. The van der Waals surface area contributed by atoms with E-state index in [0.717, 1.165) is 19.3 Å². The number of amides is 1. The Morgan fingerprint density at radius 3 is 2.20 bits per heavy atom. The third-order valence-corrected chi connectivity index (χ3v) is 3.98. The zero-order valence-electron chi connectivity index (χ0n) is 14.4. The van der Waals surface area contributed by atoms with E-state index in [2.05, 4.69) is 12.2 Å². The Bertz CT molecular complexity index is 689. The summed E-state index contributed by atoms with van der Waals surface area (Å²) in [5, 5.41) is 2.95. The van der Waals surface area contributed by atoms with Crippen molar-refractivity contribution >= 4 is 24.1 Å². The Hall–Kier alpha value is -2.17. The monoisotopic (exact) mass is 360 g/mol. The van der Waals surface area contributed by atoms with Gasteiger partial charge in [0.25, 0.3) is 5.91 Å². The van der Waals surface area contributed by atoms with Crippen molar-refractivity contribution in [3.8, 4) is 0 Å². The predicted octanol–water partition coefficient (Wildman–Crippen LogP) is 3.59. The maximum Gasteiger partial charge on any atom is 0.252 e. The Morgan fingerprint density at radius 1 is 1.00 bits per heavy atom. The summed E-state index contributed by atoms with van der Waals surface area (Å²) in [6, 6.07) is 15.8. The topological polar surface area (TPSA) is 72.2 Å². The summed E-state index contributed by atoms with van der Waals surface area (Å²) in [7, 11) is 0. The number of nitrogens with two attached hydrogens (primary N) is 1. The molecular weight excluding hydrogens is 336 g/mol. The van der Waals surface area contributed by atoms with Gasteiger partial charge < -0.3 is 11.1 Å². The van der Waals surface area contributed by atoms with Crippen LogP contribution in [0.5, 0.6) is 0 Å². The molecule has 0 saturated heterocycles. The van der Waals surface area contributed by atoms with E-state index in [1.807, 2.05) is 18.2 Å². The number of nitrogens with one attached hydrogen (secondary N) is 1. The van der Waals surface area contributed by atoms with E-state index in [-0.39, 0.29) is 30.1 Å². The standard InChI is InChI=1S/C20H24N2O2.ClH/c1-2-3-11-16(14-21)22-20(24)18-13-8-7-12-17(18)19(23)15-9-5-4-6-10-15;/h4-10,12-13,16H,2-3,11,14,21H2,1H3,(H,22,24);1H. The molecule has 1 amide bonds. The molecule has 1 atom stereocenters. The minimum absolute atomic E-state index is 0. The zero-order valence-corrected chi connectivity index (χ0v) is 15.2. The molecule has 0 fully saturated rings. The Labute approximate surface area is 155 Å². The third kappa shape index (κ3) is 5.69. The van der Waals surface area contributed by atoms with Crippen LogP contribution in [0.25, 0.3) is 0 Å². The molecule has 0 radical (unpaired) electrons. The van der Waals surface area contributed by atoms with Gasteiger partial charge in [0.1, 0.15) is 0 Å². The van der Waals surface area contributed by atoms with Crippen LogP contribution in [0, 0.1) is 0 Å². The lowest BCUT2D eigenvalue weighted by Gasteiger charge is -2.17. The first-order valence-electron chi connectivity index (χ1n) is 8.37. The fourth-order valence-corrected chi connectivity index (χ4v) is 2.59. The molecule has 2 aromatic rings. The molecule has 0 aromatic heterocycles. The first kappa shape index (κ1) is 20.9. The van der Waals surface area contributed by atoms with Gasteiger partial charge in [-0.05, 0) is 12.5 Å². The van der Waals surface area contributed by atoms with Crippen molar-refractivity contribution in [1.29, 1.82) is 0 Å². The molecular formula is C20H25ClN2O2. The molecule has 25 heavy (non-hydrogen) atoms. The Morgan fingerprint density at radius 2 is 1.60 bits per heavy atom. The lowest BCUT2D eigenvalue weighted by molar-refractivity contribution is 0.0926. The van der Waals surface area contributed by atoms with Crippen molar-refractivity contribution in [1.82, 2.24) is 5.32 Å². The Balaban J connectivity index is 0.00000312. The predicted molar refractivity (Wildman–Crippen MR) is 103 cm³/mol. The van der Waals surface area contributed by atoms with E-state index in [0.29, 0.717) is 23.2 Å². The van der Waals surface area contributed by atoms with Crippen LogP contribution in [-0.4, -0.2) is 24.3 Å². The fourth-order valence-electron chi connectivity index (χ4n) is 2.59. The number of rotatable bonds is 8. The molecule has 0 heterocycles. The van der Waals surface area contributed by atoms with Crippen LogP contribution in [-0.2, 0) is 0 Å². The number of benzene rings is 2. The van der Waals surface area contributed by atoms with Crippen molar-refractivity contribution in [2.75, 3.05) is 6.54 Å². The maximum atomic E-state index is 12.7. The van der Waals surface area contributed by atoms with Crippen LogP contribution >= 0.6 is 12.4 Å². The summed E-state index contributed by atoms with van der Waals surface area (Å²) in [4.78, 5) is 25.3. The van der Waals surface area contributed by atoms with Crippen LogP contribution in [0.15, 0.2) is 54.6 Å².